The molecule has 9 nitrogen and oxygen atoms in total. The number of pyridine rings is 1. The van der Waals surface area contributed by atoms with Crippen molar-refractivity contribution in [3.63, 3.8) is 0 Å². The molecule has 2 aromatic carbocycles. The van der Waals surface area contributed by atoms with E-state index in [1.807, 2.05) is 30.3 Å². The molecule has 0 saturated heterocycles. The summed E-state index contributed by atoms with van der Waals surface area (Å²) in [6.07, 6.45) is -1.05. The second kappa shape index (κ2) is 9.41. The van der Waals surface area contributed by atoms with Crippen LogP contribution in [0.3, 0.4) is 0 Å². The van der Waals surface area contributed by atoms with E-state index in [1.165, 1.54) is 0 Å². The number of hydrogen-bond acceptors (Lipinski definition) is 8. The molecule has 0 spiro atoms. The first-order valence-electron chi connectivity index (χ1n) is 12.6. The second-order valence-corrected chi connectivity index (χ2v) is 10.0. The van der Waals surface area contributed by atoms with Crippen molar-refractivity contribution < 1.29 is 28.9 Å². The third kappa shape index (κ3) is 3.99. The van der Waals surface area contributed by atoms with Crippen LogP contribution in [-0.4, -0.2) is 65.7 Å². The summed E-state index contributed by atoms with van der Waals surface area (Å²) in [5.41, 5.74) is 5.72. The number of aliphatic hydroxyl groups is 1. The lowest BCUT2D eigenvalue weighted by Gasteiger charge is -2.36. The van der Waals surface area contributed by atoms with Crippen LogP contribution in [0.4, 0.5) is 0 Å². The number of carbonyl (C=O) groups is 2. The van der Waals surface area contributed by atoms with Gasteiger partial charge in [-0.15, -0.1) is 0 Å². The lowest BCUT2D eigenvalue weighted by atomic mass is 9.88. The molecule has 0 bridgehead atoms. The second-order valence-electron chi connectivity index (χ2n) is 10.0. The Morgan fingerprint density at radius 3 is 2.55 bits per heavy atom. The topological polar surface area (TPSA) is 101 Å². The summed E-state index contributed by atoms with van der Waals surface area (Å²) in [4.78, 5) is 34.5. The molecule has 3 aromatic rings. The molecule has 0 saturated carbocycles. The third-order valence-electron chi connectivity index (χ3n) is 7.74. The Labute approximate surface area is 220 Å². The monoisotopic (exact) mass is 515 g/mol. The third-order valence-corrected chi connectivity index (χ3v) is 7.74. The Bertz CT molecular complexity index is 1480. The highest BCUT2D eigenvalue weighted by Crippen LogP contribution is 2.46. The van der Waals surface area contributed by atoms with Gasteiger partial charge in [0.25, 0.3) is 5.91 Å². The van der Waals surface area contributed by atoms with E-state index >= 15 is 0 Å². The lowest BCUT2D eigenvalue weighted by Crippen LogP contribution is -2.44. The van der Waals surface area contributed by atoms with Crippen molar-refractivity contribution in [2.24, 2.45) is 0 Å². The Balaban J connectivity index is 1.39. The smallest absolute Gasteiger partial charge is 0.339 e. The number of carbonyl (C=O) groups excluding carboxylic acids is 2. The summed E-state index contributed by atoms with van der Waals surface area (Å²) >= 11 is 0. The highest BCUT2D eigenvalue weighted by molar-refractivity contribution is 6.00. The number of rotatable bonds is 6. The van der Waals surface area contributed by atoms with Crippen LogP contribution >= 0.6 is 0 Å². The summed E-state index contributed by atoms with van der Waals surface area (Å²) < 4.78 is 15.9. The summed E-state index contributed by atoms with van der Waals surface area (Å²) in [6.45, 7) is 1.66. The molecule has 38 heavy (non-hydrogen) atoms. The minimum Gasteiger partial charge on any atom is -0.497 e. The molecule has 196 valence electrons. The van der Waals surface area contributed by atoms with Crippen molar-refractivity contribution >= 4 is 22.8 Å². The molecule has 0 aliphatic carbocycles. The first-order valence-corrected chi connectivity index (χ1v) is 12.6. The van der Waals surface area contributed by atoms with Gasteiger partial charge in [-0.05, 0) is 60.5 Å². The SMILES string of the molecule is COc1ccc(CN(C)Cc2c3c(nc4ccc(OC)cc24)C2CC4=C(COC(=O)[C@H]4O)C(=O)N2C3)cc1. The zero-order chi connectivity index (χ0) is 26.6. The van der Waals surface area contributed by atoms with Crippen molar-refractivity contribution in [3.05, 3.63) is 76.0 Å². The van der Waals surface area contributed by atoms with Gasteiger partial charge >= 0.3 is 5.97 Å². The molecule has 6 rings (SSSR count). The molecule has 4 heterocycles. The van der Waals surface area contributed by atoms with E-state index in [-0.39, 0.29) is 18.6 Å². The largest absolute Gasteiger partial charge is 0.497 e. The van der Waals surface area contributed by atoms with E-state index in [0.717, 1.165) is 51.3 Å². The Hall–Kier alpha value is -3.95. The Kier molecular flexibility index (Phi) is 6.04. The molecule has 1 amide bonds. The zero-order valence-corrected chi connectivity index (χ0v) is 21.6. The maximum atomic E-state index is 13.5. The summed E-state index contributed by atoms with van der Waals surface area (Å²) in [5, 5.41) is 11.5. The van der Waals surface area contributed by atoms with Gasteiger partial charge in [0.2, 0.25) is 0 Å². The van der Waals surface area contributed by atoms with E-state index in [9.17, 15) is 14.7 Å². The zero-order valence-electron chi connectivity index (χ0n) is 21.6. The van der Waals surface area contributed by atoms with Gasteiger partial charge in [0.05, 0.1) is 37.0 Å². The molecule has 1 N–H and O–H groups in total. The van der Waals surface area contributed by atoms with Crippen molar-refractivity contribution in [2.75, 3.05) is 27.9 Å². The molecular formula is C29H29N3O6. The average Bonchev–Trinajstić information content (AvgIpc) is 3.30. The van der Waals surface area contributed by atoms with E-state index in [1.54, 1.807) is 19.1 Å². The molecule has 0 radical (unpaired) electrons. The van der Waals surface area contributed by atoms with Gasteiger partial charge < -0.3 is 24.2 Å². The van der Waals surface area contributed by atoms with Crippen LogP contribution in [0, 0.1) is 0 Å². The van der Waals surface area contributed by atoms with Gasteiger partial charge in [0.15, 0.2) is 6.10 Å². The van der Waals surface area contributed by atoms with Gasteiger partial charge in [0, 0.05) is 30.6 Å². The maximum Gasteiger partial charge on any atom is 0.339 e. The van der Waals surface area contributed by atoms with E-state index in [4.69, 9.17) is 19.2 Å². The number of esters is 1. The van der Waals surface area contributed by atoms with Crippen molar-refractivity contribution in [2.45, 2.75) is 38.2 Å². The first-order chi connectivity index (χ1) is 18.4. The molecule has 1 unspecified atom stereocenters. The van der Waals surface area contributed by atoms with E-state index in [2.05, 4.69) is 24.1 Å². The number of ether oxygens (including phenoxy) is 3. The van der Waals surface area contributed by atoms with Crippen molar-refractivity contribution in [1.29, 1.82) is 0 Å². The van der Waals surface area contributed by atoms with Gasteiger partial charge in [-0.3, -0.25) is 14.7 Å². The van der Waals surface area contributed by atoms with E-state index in [0.29, 0.717) is 30.7 Å². The Morgan fingerprint density at radius 1 is 1.08 bits per heavy atom. The standard InChI is InChI=1S/C29H29N3O6/c1-31(12-16-4-6-17(36-2)7-5-16)13-21-19-10-18(37-3)8-9-24(19)30-26-22(21)14-32-25(26)11-20-23(28(32)34)15-38-29(35)27(20)33/h4-10,25,27,33H,11-15H2,1-3H3/t25?,27-/m0/s1. The molecule has 1 aromatic heterocycles. The number of aromatic nitrogens is 1. The van der Waals surface area contributed by atoms with Crippen LogP contribution in [0.5, 0.6) is 11.5 Å². The number of amides is 1. The minimum absolute atomic E-state index is 0.103. The average molecular weight is 516 g/mol. The van der Waals surface area contributed by atoms with Crippen LogP contribution in [0.25, 0.3) is 10.9 Å². The summed E-state index contributed by atoms with van der Waals surface area (Å²) in [5.74, 6) is 0.639. The Morgan fingerprint density at radius 2 is 1.82 bits per heavy atom. The number of benzene rings is 2. The first kappa shape index (κ1) is 24.4. The van der Waals surface area contributed by atoms with Gasteiger partial charge in [-0.2, -0.15) is 0 Å². The van der Waals surface area contributed by atoms with Crippen LogP contribution in [-0.2, 0) is 34.0 Å². The number of cyclic esters (lactones) is 1. The fourth-order valence-corrected chi connectivity index (χ4v) is 5.78. The van der Waals surface area contributed by atoms with Crippen molar-refractivity contribution in [3.8, 4) is 11.5 Å². The fourth-order valence-electron chi connectivity index (χ4n) is 5.78. The number of fused-ring (bicyclic) bond motifs is 4. The fraction of sp³-hybridized carbons (Fsp3) is 0.345. The molecule has 0 fully saturated rings. The van der Waals surface area contributed by atoms with Crippen molar-refractivity contribution in [1.82, 2.24) is 14.8 Å². The highest BCUT2D eigenvalue weighted by atomic mass is 16.5. The predicted molar refractivity (Wildman–Crippen MR) is 138 cm³/mol. The lowest BCUT2D eigenvalue weighted by molar-refractivity contribution is -0.154. The summed E-state index contributed by atoms with van der Waals surface area (Å²) in [6, 6.07) is 13.5. The molecule has 3 aliphatic heterocycles. The molecule has 2 atom stereocenters. The number of methoxy groups -OCH3 is 2. The van der Waals surface area contributed by atoms with E-state index < -0.39 is 12.1 Å². The molecular weight excluding hydrogens is 486 g/mol. The van der Waals surface area contributed by atoms with Crippen LogP contribution in [0.15, 0.2) is 53.6 Å². The predicted octanol–water partition coefficient (Wildman–Crippen LogP) is 2.89. The van der Waals surface area contributed by atoms with Gasteiger partial charge in [0.1, 0.15) is 18.1 Å². The number of nitrogens with zero attached hydrogens (tertiary/aromatic N) is 3. The highest BCUT2D eigenvalue weighted by Gasteiger charge is 2.46. The normalized spacial score (nSPS) is 20.4. The molecule has 3 aliphatic rings. The van der Waals surface area contributed by atoms with Gasteiger partial charge in [-0.1, -0.05) is 12.1 Å². The number of aliphatic hydroxyl groups excluding tert-OH is 1. The number of hydrogen-bond donors (Lipinski definition) is 1. The van der Waals surface area contributed by atoms with Crippen LogP contribution < -0.4 is 9.47 Å². The van der Waals surface area contributed by atoms with Gasteiger partial charge in [-0.25, -0.2) is 4.79 Å². The minimum atomic E-state index is -1.41. The van der Waals surface area contributed by atoms with Crippen LogP contribution in [0.2, 0.25) is 0 Å². The quantitative estimate of drug-likeness (QED) is 0.500. The summed E-state index contributed by atoms with van der Waals surface area (Å²) in [7, 11) is 5.36. The maximum absolute atomic E-state index is 13.5. The van der Waals surface area contributed by atoms with Crippen LogP contribution in [0.1, 0.15) is 34.8 Å². The molecule has 9 heteroatoms.